The van der Waals surface area contributed by atoms with Gasteiger partial charge in [0.25, 0.3) is 6.02 Å². The second-order valence-corrected chi connectivity index (χ2v) is 7.47. The molecule has 0 bridgehead atoms. The Kier molecular flexibility index (Phi) is 5.68. The molecule has 7 nitrogen and oxygen atoms in total. The lowest BCUT2D eigenvalue weighted by atomic mass is 9.86. The van der Waals surface area contributed by atoms with Crippen molar-refractivity contribution < 1.29 is 31.1 Å². The number of halogens is 6. The summed E-state index contributed by atoms with van der Waals surface area (Å²) in [6.45, 7) is -1.52. The molecule has 0 amide bonds. The normalized spacial score (nSPS) is 20.4. The molecule has 0 unspecified atom stereocenters. The van der Waals surface area contributed by atoms with E-state index in [4.69, 9.17) is 15.7 Å². The standard InChI is InChI=1S/C21H14F6N6O/c22-9-20(5-16(21(25,26)27)33-19(29)34-20)13-4-11(1-2-14(13)23)32-18-17-12(15(24)8-31-18)3-10(6-28)7-30-17/h1-4,7-8,16H,5,9H2,(H2,29,33)(H,31,32)/t16-,20+/m0/s1. The summed E-state index contributed by atoms with van der Waals surface area (Å²) < 4.78 is 88.0. The average Bonchev–Trinajstić information content (AvgIpc) is 2.80. The number of pyridine rings is 2. The third-order valence-electron chi connectivity index (χ3n) is 5.23. The van der Waals surface area contributed by atoms with Gasteiger partial charge in [-0.15, -0.1) is 0 Å². The van der Waals surface area contributed by atoms with Crippen LogP contribution in [0.25, 0.3) is 10.9 Å². The van der Waals surface area contributed by atoms with E-state index in [1.54, 1.807) is 0 Å². The van der Waals surface area contributed by atoms with Crippen LogP contribution in [0.1, 0.15) is 17.5 Å². The van der Waals surface area contributed by atoms with Crippen LogP contribution in [0.2, 0.25) is 0 Å². The number of amidine groups is 1. The molecule has 2 aromatic heterocycles. The quantitative estimate of drug-likeness (QED) is 0.538. The number of hydrogen-bond donors (Lipinski definition) is 2. The number of anilines is 2. The number of aliphatic imine (C=N–C) groups is 1. The van der Waals surface area contributed by atoms with Crippen molar-refractivity contribution in [3.8, 4) is 6.07 Å². The first-order valence-electron chi connectivity index (χ1n) is 9.62. The molecule has 1 aromatic carbocycles. The molecule has 3 aromatic rings. The van der Waals surface area contributed by atoms with Crippen molar-refractivity contribution in [3.05, 3.63) is 59.4 Å². The van der Waals surface area contributed by atoms with Crippen LogP contribution in [0.3, 0.4) is 0 Å². The van der Waals surface area contributed by atoms with Crippen molar-refractivity contribution in [1.82, 2.24) is 9.97 Å². The van der Waals surface area contributed by atoms with Crippen LogP contribution in [0, 0.1) is 23.0 Å². The highest BCUT2D eigenvalue weighted by atomic mass is 19.4. The Bertz CT molecular complexity index is 1340. The molecular formula is C21H14F6N6O. The van der Waals surface area contributed by atoms with Crippen molar-refractivity contribution >= 4 is 28.4 Å². The summed E-state index contributed by atoms with van der Waals surface area (Å²) in [4.78, 5) is 11.1. The summed E-state index contributed by atoms with van der Waals surface area (Å²) in [5.41, 5.74) is 2.67. The Balaban J connectivity index is 1.76. The van der Waals surface area contributed by atoms with Crippen molar-refractivity contribution in [2.24, 2.45) is 10.7 Å². The largest absolute Gasteiger partial charge is 0.451 e. The second kappa shape index (κ2) is 8.36. The maximum absolute atomic E-state index is 14.7. The van der Waals surface area contributed by atoms with Crippen LogP contribution < -0.4 is 11.1 Å². The van der Waals surface area contributed by atoms with Gasteiger partial charge in [0, 0.05) is 29.3 Å². The Labute approximate surface area is 187 Å². The lowest BCUT2D eigenvalue weighted by Gasteiger charge is -2.38. The lowest BCUT2D eigenvalue weighted by molar-refractivity contribution is -0.167. The fourth-order valence-corrected chi connectivity index (χ4v) is 3.62. The maximum atomic E-state index is 14.7. The molecule has 3 N–H and O–H groups in total. The molecule has 0 spiro atoms. The molecule has 0 saturated heterocycles. The van der Waals surface area contributed by atoms with Gasteiger partial charge in [0.15, 0.2) is 23.3 Å². The summed E-state index contributed by atoms with van der Waals surface area (Å²) >= 11 is 0. The Morgan fingerprint density at radius 1 is 1.18 bits per heavy atom. The first-order chi connectivity index (χ1) is 16.1. The molecule has 3 heterocycles. The number of hydrogen-bond acceptors (Lipinski definition) is 7. The van der Waals surface area contributed by atoms with Crippen LogP contribution in [-0.4, -0.2) is 34.9 Å². The van der Waals surface area contributed by atoms with Crippen LogP contribution in [0.15, 0.2) is 41.7 Å². The average molecular weight is 480 g/mol. The SMILES string of the molecule is N#Cc1cnc2c(Nc3ccc(F)c([C@]4(CF)C[C@@H](C(F)(F)F)N=C(N)O4)c3)ncc(F)c2c1. The van der Waals surface area contributed by atoms with Gasteiger partial charge in [0.05, 0.1) is 11.8 Å². The monoisotopic (exact) mass is 480 g/mol. The minimum atomic E-state index is -4.86. The Hall–Kier alpha value is -4.08. The van der Waals surface area contributed by atoms with Gasteiger partial charge in [-0.1, -0.05) is 0 Å². The molecule has 0 radical (unpaired) electrons. The zero-order chi connectivity index (χ0) is 24.7. The molecule has 34 heavy (non-hydrogen) atoms. The predicted molar refractivity (Wildman–Crippen MR) is 109 cm³/mol. The fourth-order valence-electron chi connectivity index (χ4n) is 3.62. The van der Waals surface area contributed by atoms with E-state index in [-0.39, 0.29) is 28.0 Å². The van der Waals surface area contributed by atoms with Gasteiger partial charge in [-0.3, -0.25) is 4.98 Å². The number of ether oxygens (including phenoxy) is 1. The number of nitriles is 1. The van der Waals surface area contributed by atoms with E-state index in [1.807, 2.05) is 6.07 Å². The Morgan fingerprint density at radius 3 is 2.62 bits per heavy atom. The third kappa shape index (κ3) is 4.14. The zero-order valence-corrected chi connectivity index (χ0v) is 17.0. The topological polar surface area (TPSA) is 109 Å². The van der Waals surface area contributed by atoms with Gasteiger partial charge in [0.2, 0.25) is 0 Å². The summed E-state index contributed by atoms with van der Waals surface area (Å²) in [7, 11) is 0. The number of benzene rings is 1. The molecular weight excluding hydrogens is 466 g/mol. The predicted octanol–water partition coefficient (Wildman–Crippen LogP) is 4.35. The number of rotatable bonds is 4. The second-order valence-electron chi connectivity index (χ2n) is 7.47. The fraction of sp³-hybridized carbons (Fsp3) is 0.238. The van der Waals surface area contributed by atoms with E-state index in [2.05, 4.69) is 20.3 Å². The van der Waals surface area contributed by atoms with Crippen LogP contribution in [0.4, 0.5) is 37.8 Å². The van der Waals surface area contributed by atoms with Gasteiger partial charge in [-0.05, 0) is 24.3 Å². The van der Waals surface area contributed by atoms with E-state index in [0.717, 1.165) is 18.3 Å². The van der Waals surface area contributed by atoms with Gasteiger partial charge in [-0.2, -0.15) is 18.4 Å². The maximum Gasteiger partial charge on any atom is 0.411 e. The molecule has 1 aliphatic rings. The molecule has 0 saturated carbocycles. The van der Waals surface area contributed by atoms with Gasteiger partial charge >= 0.3 is 6.18 Å². The molecule has 176 valence electrons. The van der Waals surface area contributed by atoms with E-state index in [1.165, 1.54) is 18.3 Å². The molecule has 2 atom stereocenters. The van der Waals surface area contributed by atoms with Crippen molar-refractivity contribution in [2.75, 3.05) is 12.0 Å². The summed E-state index contributed by atoms with van der Waals surface area (Å²) in [6, 6.07) is 2.93. The highest BCUT2D eigenvalue weighted by Crippen LogP contribution is 2.42. The smallest absolute Gasteiger partial charge is 0.411 e. The summed E-state index contributed by atoms with van der Waals surface area (Å²) in [5, 5.41) is 11.7. The van der Waals surface area contributed by atoms with Crippen LogP contribution >= 0.6 is 0 Å². The zero-order valence-electron chi connectivity index (χ0n) is 17.0. The highest BCUT2D eigenvalue weighted by molar-refractivity contribution is 5.90. The van der Waals surface area contributed by atoms with E-state index >= 15 is 0 Å². The first-order valence-corrected chi connectivity index (χ1v) is 9.62. The minimum absolute atomic E-state index is 0.00607. The van der Waals surface area contributed by atoms with E-state index in [0.29, 0.717) is 0 Å². The summed E-state index contributed by atoms with van der Waals surface area (Å²) in [6.07, 6.45) is -3.83. The van der Waals surface area contributed by atoms with Crippen LogP contribution in [0.5, 0.6) is 0 Å². The van der Waals surface area contributed by atoms with Gasteiger partial charge < -0.3 is 15.8 Å². The van der Waals surface area contributed by atoms with Crippen molar-refractivity contribution in [3.63, 3.8) is 0 Å². The van der Waals surface area contributed by atoms with E-state index < -0.39 is 54.1 Å². The molecule has 1 aliphatic heterocycles. The van der Waals surface area contributed by atoms with Gasteiger partial charge in [-0.25, -0.2) is 23.1 Å². The molecule has 4 rings (SSSR count). The summed E-state index contributed by atoms with van der Waals surface area (Å²) in [5.74, 6) is -1.77. The Morgan fingerprint density at radius 2 is 1.94 bits per heavy atom. The molecule has 0 aliphatic carbocycles. The first kappa shape index (κ1) is 23.1. The number of nitrogens with zero attached hydrogens (tertiary/aromatic N) is 4. The lowest BCUT2D eigenvalue weighted by Crippen LogP contribution is -2.48. The minimum Gasteiger partial charge on any atom is -0.451 e. The number of aromatic nitrogens is 2. The van der Waals surface area contributed by atoms with Gasteiger partial charge in [0.1, 0.15) is 24.1 Å². The van der Waals surface area contributed by atoms with Crippen molar-refractivity contribution in [1.29, 1.82) is 5.26 Å². The van der Waals surface area contributed by atoms with Crippen LogP contribution in [-0.2, 0) is 10.3 Å². The third-order valence-corrected chi connectivity index (χ3v) is 5.23. The number of fused-ring (bicyclic) bond motifs is 1. The van der Waals surface area contributed by atoms with E-state index in [9.17, 15) is 26.3 Å². The number of nitrogens with two attached hydrogens (primary N) is 1. The number of nitrogens with one attached hydrogen (secondary N) is 1. The van der Waals surface area contributed by atoms with Crippen molar-refractivity contribution in [2.45, 2.75) is 24.2 Å². The number of alkyl halides is 4. The highest BCUT2D eigenvalue weighted by Gasteiger charge is 2.52. The molecule has 0 fully saturated rings. The molecule has 13 heteroatoms.